The third kappa shape index (κ3) is 5.89. The molecule has 19 heavy (non-hydrogen) atoms. The molecule has 1 heterocycles. The second-order valence-electron chi connectivity index (χ2n) is 3.48. The standard InChI is InChI=1S/C7H8N2.C6H6O3S/c1-2-3-7-6-8-4-5-9-7;7-10(8,9)6-4-2-1-3-5-6/h2,4-6H,1,3H2;1-5H,(H,7,8,9). The van der Waals surface area contributed by atoms with Crippen molar-refractivity contribution in [3.8, 4) is 0 Å². The lowest BCUT2D eigenvalue weighted by Crippen LogP contribution is -1.96. The Morgan fingerprint density at radius 3 is 2.32 bits per heavy atom. The highest BCUT2D eigenvalue weighted by Crippen LogP contribution is 2.05. The van der Waals surface area contributed by atoms with Gasteiger partial charge in [-0.05, 0) is 12.1 Å². The van der Waals surface area contributed by atoms with Gasteiger partial charge in [-0.2, -0.15) is 8.42 Å². The van der Waals surface area contributed by atoms with Crippen LogP contribution in [0.3, 0.4) is 0 Å². The van der Waals surface area contributed by atoms with Crippen molar-refractivity contribution in [2.45, 2.75) is 11.3 Å². The summed E-state index contributed by atoms with van der Waals surface area (Å²) in [7, 11) is -4.00. The van der Waals surface area contributed by atoms with Crippen LogP contribution in [-0.2, 0) is 16.5 Å². The van der Waals surface area contributed by atoms with Crippen molar-refractivity contribution >= 4 is 10.1 Å². The van der Waals surface area contributed by atoms with Gasteiger partial charge in [0.15, 0.2) is 0 Å². The third-order valence-corrected chi connectivity index (χ3v) is 2.88. The van der Waals surface area contributed by atoms with E-state index in [1.54, 1.807) is 36.8 Å². The maximum atomic E-state index is 10.4. The molecule has 1 aromatic carbocycles. The average molecular weight is 278 g/mol. The minimum absolute atomic E-state index is 0.0741. The Morgan fingerprint density at radius 1 is 1.21 bits per heavy atom. The fourth-order valence-electron chi connectivity index (χ4n) is 1.18. The Bertz CT molecular complexity index is 598. The Hall–Kier alpha value is -2.05. The molecular formula is C13H14N2O3S. The first-order chi connectivity index (χ1) is 9.04. The fourth-order valence-corrected chi connectivity index (χ4v) is 1.68. The van der Waals surface area contributed by atoms with E-state index in [2.05, 4.69) is 16.5 Å². The van der Waals surface area contributed by atoms with E-state index >= 15 is 0 Å². The van der Waals surface area contributed by atoms with E-state index in [0.717, 1.165) is 12.1 Å². The van der Waals surface area contributed by atoms with Gasteiger partial charge in [0.25, 0.3) is 10.1 Å². The summed E-state index contributed by atoms with van der Waals surface area (Å²) < 4.78 is 29.2. The van der Waals surface area contributed by atoms with Crippen LogP contribution in [0.4, 0.5) is 0 Å². The summed E-state index contributed by atoms with van der Waals surface area (Å²) in [6.45, 7) is 3.59. The lowest BCUT2D eigenvalue weighted by molar-refractivity contribution is 0.483. The molecule has 0 bridgehead atoms. The highest BCUT2D eigenvalue weighted by Gasteiger charge is 2.05. The van der Waals surface area contributed by atoms with Gasteiger partial charge in [0.05, 0.1) is 10.6 Å². The van der Waals surface area contributed by atoms with Crippen molar-refractivity contribution in [2.75, 3.05) is 0 Å². The van der Waals surface area contributed by atoms with E-state index in [9.17, 15) is 8.42 Å². The van der Waals surface area contributed by atoms with Crippen molar-refractivity contribution in [1.82, 2.24) is 9.97 Å². The van der Waals surface area contributed by atoms with Crippen LogP contribution >= 0.6 is 0 Å². The first-order valence-corrected chi connectivity index (χ1v) is 6.86. The smallest absolute Gasteiger partial charge is 0.282 e. The molecule has 100 valence electrons. The van der Waals surface area contributed by atoms with Gasteiger partial charge >= 0.3 is 0 Å². The van der Waals surface area contributed by atoms with Gasteiger partial charge in [-0.25, -0.2) is 0 Å². The molecule has 0 radical (unpaired) electrons. The molecule has 6 heteroatoms. The number of aromatic nitrogens is 2. The van der Waals surface area contributed by atoms with Crippen molar-refractivity contribution in [1.29, 1.82) is 0 Å². The number of allylic oxidation sites excluding steroid dienone is 1. The van der Waals surface area contributed by atoms with Crippen LogP contribution in [0, 0.1) is 0 Å². The first-order valence-electron chi connectivity index (χ1n) is 5.42. The summed E-state index contributed by atoms with van der Waals surface area (Å²) in [4.78, 5) is 7.85. The molecule has 2 rings (SSSR count). The lowest BCUT2D eigenvalue weighted by Gasteiger charge is -1.92. The Labute approximate surface area is 112 Å². The molecule has 0 fully saturated rings. The molecule has 0 saturated heterocycles. The summed E-state index contributed by atoms with van der Waals surface area (Å²) in [5, 5.41) is 0. The van der Waals surface area contributed by atoms with Crippen LogP contribution < -0.4 is 0 Å². The summed E-state index contributed by atoms with van der Waals surface area (Å²) in [5.74, 6) is 0. The summed E-state index contributed by atoms with van der Waals surface area (Å²) in [6, 6.07) is 7.42. The number of rotatable bonds is 3. The fraction of sp³-hybridized carbons (Fsp3) is 0.0769. The Kier molecular flexibility index (Phi) is 5.84. The van der Waals surface area contributed by atoms with E-state index in [4.69, 9.17) is 4.55 Å². The second kappa shape index (κ2) is 7.40. The number of nitrogens with zero attached hydrogens (tertiary/aromatic N) is 2. The molecule has 1 N–H and O–H groups in total. The maximum absolute atomic E-state index is 10.4. The van der Waals surface area contributed by atoms with E-state index < -0.39 is 10.1 Å². The molecule has 0 unspecified atom stereocenters. The maximum Gasteiger partial charge on any atom is 0.294 e. The van der Waals surface area contributed by atoms with E-state index in [1.807, 2.05) is 6.08 Å². The van der Waals surface area contributed by atoms with Crippen molar-refractivity contribution in [3.05, 3.63) is 67.3 Å². The molecule has 0 atom stereocenters. The average Bonchev–Trinajstić information content (AvgIpc) is 2.41. The van der Waals surface area contributed by atoms with Crippen molar-refractivity contribution in [3.63, 3.8) is 0 Å². The molecular weight excluding hydrogens is 264 g/mol. The topological polar surface area (TPSA) is 80.2 Å². The molecule has 0 aliphatic carbocycles. The zero-order chi connectivity index (χ0) is 14.1. The second-order valence-corrected chi connectivity index (χ2v) is 4.90. The van der Waals surface area contributed by atoms with Gasteiger partial charge in [0, 0.05) is 25.0 Å². The van der Waals surface area contributed by atoms with Crippen molar-refractivity contribution < 1.29 is 13.0 Å². The predicted octanol–water partition coefficient (Wildman–Crippen LogP) is 2.14. The zero-order valence-corrected chi connectivity index (χ0v) is 11.0. The number of hydrogen-bond acceptors (Lipinski definition) is 4. The normalized spacial score (nSPS) is 10.2. The molecule has 0 aliphatic rings. The van der Waals surface area contributed by atoms with Crippen molar-refractivity contribution in [2.24, 2.45) is 0 Å². The Balaban J connectivity index is 0.000000191. The summed E-state index contributed by atoms with van der Waals surface area (Å²) in [5.41, 5.74) is 0.965. The monoisotopic (exact) mass is 278 g/mol. The van der Waals surface area contributed by atoms with Gasteiger partial charge in [0.2, 0.25) is 0 Å². The molecule has 2 aromatic rings. The Morgan fingerprint density at radius 2 is 1.89 bits per heavy atom. The first kappa shape index (κ1) is 15.0. The molecule has 0 aliphatic heterocycles. The van der Waals surface area contributed by atoms with Gasteiger partial charge in [0.1, 0.15) is 0 Å². The highest BCUT2D eigenvalue weighted by atomic mass is 32.2. The third-order valence-electron chi connectivity index (χ3n) is 2.01. The van der Waals surface area contributed by atoms with Crippen LogP contribution in [0.15, 0.2) is 66.5 Å². The number of benzene rings is 1. The molecule has 5 nitrogen and oxygen atoms in total. The minimum atomic E-state index is -4.00. The van der Waals surface area contributed by atoms with Gasteiger partial charge in [-0.1, -0.05) is 24.3 Å². The van der Waals surface area contributed by atoms with Gasteiger partial charge in [-0.3, -0.25) is 14.5 Å². The quantitative estimate of drug-likeness (QED) is 0.687. The van der Waals surface area contributed by atoms with Crippen LogP contribution in [-0.4, -0.2) is 22.9 Å². The zero-order valence-electron chi connectivity index (χ0n) is 10.2. The summed E-state index contributed by atoms with van der Waals surface area (Å²) >= 11 is 0. The minimum Gasteiger partial charge on any atom is -0.282 e. The largest absolute Gasteiger partial charge is 0.294 e. The summed E-state index contributed by atoms with van der Waals surface area (Å²) in [6.07, 6.45) is 7.69. The van der Waals surface area contributed by atoms with Crippen LogP contribution in [0.25, 0.3) is 0 Å². The van der Waals surface area contributed by atoms with E-state index in [1.165, 1.54) is 12.1 Å². The lowest BCUT2D eigenvalue weighted by atomic mass is 10.3. The molecule has 0 spiro atoms. The van der Waals surface area contributed by atoms with Crippen LogP contribution in [0.2, 0.25) is 0 Å². The molecule has 0 amide bonds. The van der Waals surface area contributed by atoms with Crippen LogP contribution in [0.5, 0.6) is 0 Å². The SMILES string of the molecule is C=CCc1cnccn1.O=S(=O)(O)c1ccccc1. The predicted molar refractivity (Wildman–Crippen MR) is 72.2 cm³/mol. The van der Waals surface area contributed by atoms with Crippen LogP contribution in [0.1, 0.15) is 5.69 Å². The highest BCUT2D eigenvalue weighted by molar-refractivity contribution is 7.85. The van der Waals surface area contributed by atoms with E-state index in [0.29, 0.717) is 0 Å². The van der Waals surface area contributed by atoms with E-state index in [-0.39, 0.29) is 4.90 Å². The molecule has 0 saturated carbocycles. The van der Waals surface area contributed by atoms with Gasteiger partial charge in [-0.15, -0.1) is 6.58 Å². The van der Waals surface area contributed by atoms with Gasteiger partial charge < -0.3 is 0 Å². The molecule has 1 aromatic heterocycles. The number of hydrogen-bond donors (Lipinski definition) is 1.